The quantitative estimate of drug-likeness (QED) is 0.427. The first-order chi connectivity index (χ1) is 6.81. The van der Waals surface area contributed by atoms with Crippen LogP contribution in [0, 0.1) is 0 Å². The molecule has 0 amide bonds. The van der Waals surface area contributed by atoms with Crippen LogP contribution in [-0.4, -0.2) is 19.7 Å². The van der Waals surface area contributed by atoms with Gasteiger partial charge in [-0.3, -0.25) is 0 Å². The van der Waals surface area contributed by atoms with Crippen molar-refractivity contribution in [1.82, 2.24) is 0 Å². The van der Waals surface area contributed by atoms with Crippen LogP contribution in [0.15, 0.2) is 0 Å². The van der Waals surface area contributed by atoms with E-state index in [1.165, 1.54) is 51.4 Å². The van der Waals surface area contributed by atoms with E-state index in [1.54, 1.807) is 0 Å². The van der Waals surface area contributed by atoms with Gasteiger partial charge in [0.15, 0.2) is 0 Å². The van der Waals surface area contributed by atoms with Crippen molar-refractivity contribution in [2.45, 2.75) is 74.1 Å². The molecule has 14 heavy (non-hydrogen) atoms. The Labute approximate surface area is 96.8 Å². The van der Waals surface area contributed by atoms with E-state index in [0.717, 1.165) is 8.87 Å². The van der Waals surface area contributed by atoms with Crippen molar-refractivity contribution < 1.29 is 3.08 Å². The van der Waals surface area contributed by atoms with E-state index in [0.29, 0.717) is 0 Å². The van der Waals surface area contributed by atoms with Gasteiger partial charge in [-0.15, -0.1) is 0 Å². The first-order valence-corrected chi connectivity index (χ1v) is 11.5. The molecule has 0 atom stereocenters. The topological polar surface area (TPSA) is 17.1 Å². The second kappa shape index (κ2) is 11.7. The summed E-state index contributed by atoms with van der Waals surface area (Å²) in [6, 6.07) is 0. The number of unbranched alkanes of at least 4 members (excludes halogenated alkanes) is 6. The molecule has 0 aliphatic carbocycles. The monoisotopic (exact) mass is 306 g/mol. The molecule has 0 saturated heterocycles. The average molecular weight is 305 g/mol. The molecule has 0 heterocycles. The van der Waals surface area contributed by atoms with Crippen LogP contribution in [0.5, 0.6) is 0 Å². The molecule has 0 aromatic rings. The van der Waals surface area contributed by atoms with Crippen molar-refractivity contribution in [1.29, 1.82) is 0 Å². The van der Waals surface area contributed by atoms with Gasteiger partial charge in [0.1, 0.15) is 0 Å². The molecule has 0 saturated carbocycles. The standard InChI is InChI=1S/2C6H13.O.Sn/c2*1-3-5-6-4-2;;/h2*1,3-6H2,2H3;;. The molecule has 0 spiro atoms. The Morgan fingerprint density at radius 3 is 1.50 bits per heavy atom. The Morgan fingerprint density at radius 2 is 1.14 bits per heavy atom. The third-order valence-electron chi connectivity index (χ3n) is 2.62. The summed E-state index contributed by atoms with van der Waals surface area (Å²) in [5.41, 5.74) is 0. The summed E-state index contributed by atoms with van der Waals surface area (Å²) >= 11 is -2.06. The van der Waals surface area contributed by atoms with Crippen LogP contribution in [-0.2, 0) is 3.08 Å². The van der Waals surface area contributed by atoms with Crippen LogP contribution < -0.4 is 0 Å². The third kappa shape index (κ3) is 10.7. The van der Waals surface area contributed by atoms with Gasteiger partial charge in [0, 0.05) is 0 Å². The Morgan fingerprint density at radius 1 is 0.714 bits per heavy atom. The zero-order chi connectivity index (χ0) is 10.6. The Balaban J connectivity index is 3.11. The van der Waals surface area contributed by atoms with Gasteiger partial charge in [0.05, 0.1) is 0 Å². The Bertz CT molecular complexity index is 120. The number of hydrogen-bond donors (Lipinski definition) is 0. The van der Waals surface area contributed by atoms with E-state index in [-0.39, 0.29) is 0 Å². The number of hydrogen-bond acceptors (Lipinski definition) is 1. The molecule has 84 valence electrons. The maximum absolute atomic E-state index is 11.6. The fraction of sp³-hybridized carbons (Fsp3) is 1.00. The summed E-state index contributed by atoms with van der Waals surface area (Å²) in [4.78, 5) is 0. The van der Waals surface area contributed by atoms with E-state index in [4.69, 9.17) is 0 Å². The predicted octanol–water partition coefficient (Wildman–Crippen LogP) is 4.57. The molecule has 1 nitrogen and oxygen atoms in total. The predicted molar refractivity (Wildman–Crippen MR) is 64.3 cm³/mol. The van der Waals surface area contributed by atoms with E-state index < -0.39 is 19.7 Å². The van der Waals surface area contributed by atoms with E-state index in [2.05, 4.69) is 13.8 Å². The first-order valence-electron chi connectivity index (χ1n) is 6.33. The van der Waals surface area contributed by atoms with Gasteiger partial charge >= 0.3 is 96.9 Å². The SMILES string of the molecule is CCCCC[CH2][Sn](=[O])[CH2]CCCCC. The molecule has 0 N–H and O–H groups in total. The van der Waals surface area contributed by atoms with Gasteiger partial charge in [0.2, 0.25) is 0 Å². The van der Waals surface area contributed by atoms with Crippen LogP contribution >= 0.6 is 0 Å². The zero-order valence-electron chi connectivity index (χ0n) is 9.98. The molecule has 0 aliphatic rings. The van der Waals surface area contributed by atoms with E-state index in [1.807, 2.05) is 0 Å². The molecular weight excluding hydrogens is 279 g/mol. The second-order valence-corrected chi connectivity index (χ2v) is 10.1. The summed E-state index contributed by atoms with van der Waals surface area (Å²) in [5, 5.41) is 0. The van der Waals surface area contributed by atoms with E-state index >= 15 is 0 Å². The van der Waals surface area contributed by atoms with Gasteiger partial charge in [-0.2, -0.15) is 0 Å². The molecule has 0 aromatic carbocycles. The van der Waals surface area contributed by atoms with Gasteiger partial charge in [-0.05, 0) is 0 Å². The van der Waals surface area contributed by atoms with Gasteiger partial charge in [0.25, 0.3) is 0 Å². The maximum atomic E-state index is 11.6. The van der Waals surface area contributed by atoms with E-state index in [9.17, 15) is 3.08 Å². The molecule has 2 heteroatoms. The third-order valence-corrected chi connectivity index (χ3v) is 7.82. The van der Waals surface area contributed by atoms with Crippen LogP contribution in [0.3, 0.4) is 0 Å². The average Bonchev–Trinajstić information content (AvgIpc) is 2.19. The summed E-state index contributed by atoms with van der Waals surface area (Å²) in [6.07, 6.45) is 10.3. The summed E-state index contributed by atoms with van der Waals surface area (Å²) in [5.74, 6) is 0. The van der Waals surface area contributed by atoms with Crippen LogP contribution in [0.4, 0.5) is 0 Å². The normalized spacial score (nSPS) is 10.4. The fourth-order valence-electron chi connectivity index (χ4n) is 1.62. The van der Waals surface area contributed by atoms with Gasteiger partial charge < -0.3 is 0 Å². The molecule has 0 bridgehead atoms. The van der Waals surface area contributed by atoms with Gasteiger partial charge in [-0.25, -0.2) is 0 Å². The molecule has 0 fully saturated rings. The number of rotatable bonds is 10. The fourth-order valence-corrected chi connectivity index (χ4v) is 6.01. The summed E-state index contributed by atoms with van der Waals surface area (Å²) in [7, 11) is 0. The Kier molecular flexibility index (Phi) is 12.2. The summed E-state index contributed by atoms with van der Waals surface area (Å²) in [6.45, 7) is 4.45. The molecule has 0 radical (unpaired) electrons. The molecular formula is C12H26OSn. The molecule has 0 aliphatic heterocycles. The van der Waals surface area contributed by atoms with Crippen LogP contribution in [0.1, 0.15) is 65.2 Å². The van der Waals surface area contributed by atoms with Crippen molar-refractivity contribution in [2.75, 3.05) is 0 Å². The zero-order valence-corrected chi connectivity index (χ0v) is 12.8. The minimum absolute atomic E-state index is 1.11. The van der Waals surface area contributed by atoms with Crippen molar-refractivity contribution in [3.05, 3.63) is 0 Å². The Hall–Kier alpha value is 0.599. The van der Waals surface area contributed by atoms with Crippen molar-refractivity contribution >= 4 is 19.7 Å². The van der Waals surface area contributed by atoms with Crippen molar-refractivity contribution in [3.63, 3.8) is 0 Å². The minimum atomic E-state index is -2.06. The molecule has 0 aromatic heterocycles. The van der Waals surface area contributed by atoms with Gasteiger partial charge in [-0.1, -0.05) is 0 Å². The molecule has 0 unspecified atom stereocenters. The summed E-state index contributed by atoms with van der Waals surface area (Å²) < 4.78 is 13.9. The first kappa shape index (κ1) is 14.6. The van der Waals surface area contributed by atoms with Crippen molar-refractivity contribution in [2.24, 2.45) is 0 Å². The van der Waals surface area contributed by atoms with Crippen molar-refractivity contribution in [3.8, 4) is 0 Å². The van der Waals surface area contributed by atoms with Crippen LogP contribution in [0.2, 0.25) is 8.87 Å². The van der Waals surface area contributed by atoms with Crippen LogP contribution in [0.25, 0.3) is 0 Å². The second-order valence-electron chi connectivity index (χ2n) is 4.16. The molecule has 0 rings (SSSR count).